The molecule has 1 saturated heterocycles. The summed E-state index contributed by atoms with van der Waals surface area (Å²) in [4.78, 5) is 24.1. The fourth-order valence-electron chi connectivity index (χ4n) is 3.34. The van der Waals surface area contributed by atoms with Crippen molar-refractivity contribution in [3.05, 3.63) is 0 Å². The minimum Gasteiger partial charge on any atom is -0.480 e. The Morgan fingerprint density at radius 3 is 2.70 bits per heavy atom. The van der Waals surface area contributed by atoms with E-state index < -0.39 is 11.5 Å². The van der Waals surface area contributed by atoms with Crippen molar-refractivity contribution in [3.8, 4) is 0 Å². The molecule has 0 aromatic rings. The predicted molar refractivity (Wildman–Crippen MR) is 73.3 cm³/mol. The number of hydrogen-bond acceptors (Lipinski definition) is 4. The molecule has 20 heavy (non-hydrogen) atoms. The highest BCUT2D eigenvalue weighted by Crippen LogP contribution is 2.33. The zero-order chi connectivity index (χ0) is 14.8. The Morgan fingerprint density at radius 2 is 2.10 bits per heavy atom. The van der Waals surface area contributed by atoms with Gasteiger partial charge in [-0.2, -0.15) is 0 Å². The lowest BCUT2D eigenvalue weighted by atomic mass is 9.76. The molecule has 1 amide bonds. The number of ether oxygens (including phenoxy) is 1. The SMILES string of the molecule is CNC1COCC1C(=O)NC1(C(=O)O)CCCC(C)C1. The van der Waals surface area contributed by atoms with E-state index in [4.69, 9.17) is 4.74 Å². The topological polar surface area (TPSA) is 87.7 Å². The lowest BCUT2D eigenvalue weighted by Crippen LogP contribution is -2.59. The largest absolute Gasteiger partial charge is 0.480 e. The van der Waals surface area contributed by atoms with Crippen LogP contribution >= 0.6 is 0 Å². The summed E-state index contributed by atoms with van der Waals surface area (Å²) in [7, 11) is 1.79. The molecule has 1 aliphatic heterocycles. The summed E-state index contributed by atoms with van der Waals surface area (Å²) in [6, 6.07) is -0.0399. The van der Waals surface area contributed by atoms with Crippen LogP contribution in [0.1, 0.15) is 32.6 Å². The van der Waals surface area contributed by atoms with Gasteiger partial charge in [0.25, 0.3) is 0 Å². The van der Waals surface area contributed by atoms with Gasteiger partial charge >= 0.3 is 5.97 Å². The third kappa shape index (κ3) is 2.96. The van der Waals surface area contributed by atoms with E-state index in [0.717, 1.165) is 12.8 Å². The predicted octanol–water partition coefficient (Wildman–Crippen LogP) is 0.370. The average Bonchev–Trinajstić information content (AvgIpc) is 2.86. The monoisotopic (exact) mass is 284 g/mol. The average molecular weight is 284 g/mol. The molecule has 3 N–H and O–H groups in total. The lowest BCUT2D eigenvalue weighted by molar-refractivity contribution is -0.150. The summed E-state index contributed by atoms with van der Waals surface area (Å²) >= 11 is 0. The van der Waals surface area contributed by atoms with Crippen LogP contribution < -0.4 is 10.6 Å². The van der Waals surface area contributed by atoms with Crippen LogP contribution in [0.5, 0.6) is 0 Å². The van der Waals surface area contributed by atoms with Crippen LogP contribution in [0.2, 0.25) is 0 Å². The van der Waals surface area contributed by atoms with Crippen molar-refractivity contribution in [2.75, 3.05) is 20.3 Å². The van der Waals surface area contributed by atoms with E-state index in [-0.39, 0.29) is 17.9 Å². The van der Waals surface area contributed by atoms with Gasteiger partial charge in [0.15, 0.2) is 0 Å². The zero-order valence-electron chi connectivity index (χ0n) is 12.1. The first-order chi connectivity index (χ1) is 9.48. The van der Waals surface area contributed by atoms with Crippen molar-refractivity contribution < 1.29 is 19.4 Å². The van der Waals surface area contributed by atoms with Crippen molar-refractivity contribution in [1.82, 2.24) is 10.6 Å². The number of rotatable bonds is 4. The molecule has 1 aliphatic carbocycles. The molecule has 0 aromatic heterocycles. The summed E-state index contributed by atoms with van der Waals surface area (Å²) in [6.45, 7) is 2.88. The number of carboxylic acids is 1. The minimum absolute atomic E-state index is 0.0399. The molecule has 0 aromatic carbocycles. The molecular weight excluding hydrogens is 260 g/mol. The fourth-order valence-corrected chi connectivity index (χ4v) is 3.34. The molecule has 4 atom stereocenters. The summed E-state index contributed by atoms with van der Waals surface area (Å²) < 4.78 is 5.31. The first-order valence-corrected chi connectivity index (χ1v) is 7.29. The Balaban J connectivity index is 2.08. The van der Waals surface area contributed by atoms with Crippen LogP contribution in [0.15, 0.2) is 0 Å². The van der Waals surface area contributed by atoms with Gasteiger partial charge in [0.2, 0.25) is 5.91 Å². The zero-order valence-corrected chi connectivity index (χ0v) is 12.1. The molecule has 2 rings (SSSR count). The van der Waals surface area contributed by atoms with E-state index in [0.29, 0.717) is 32.0 Å². The van der Waals surface area contributed by atoms with Gasteiger partial charge < -0.3 is 20.5 Å². The maximum atomic E-state index is 12.4. The smallest absolute Gasteiger partial charge is 0.329 e. The third-order valence-electron chi connectivity index (χ3n) is 4.56. The highest BCUT2D eigenvalue weighted by atomic mass is 16.5. The highest BCUT2D eigenvalue weighted by molar-refractivity contribution is 5.88. The summed E-state index contributed by atoms with van der Waals surface area (Å²) in [5, 5.41) is 15.4. The Bertz CT molecular complexity index is 387. The van der Waals surface area contributed by atoms with Gasteiger partial charge in [0, 0.05) is 6.04 Å². The van der Waals surface area contributed by atoms with Crippen LogP contribution in [-0.4, -0.2) is 48.8 Å². The molecule has 1 saturated carbocycles. The second-order valence-corrected chi connectivity index (χ2v) is 6.12. The van der Waals surface area contributed by atoms with Gasteiger partial charge in [-0.15, -0.1) is 0 Å². The Labute approximate surface area is 119 Å². The maximum absolute atomic E-state index is 12.4. The number of hydrogen-bond donors (Lipinski definition) is 3. The molecular formula is C14H24N2O4. The molecule has 6 heteroatoms. The first-order valence-electron chi connectivity index (χ1n) is 7.29. The third-order valence-corrected chi connectivity index (χ3v) is 4.56. The maximum Gasteiger partial charge on any atom is 0.329 e. The summed E-state index contributed by atoms with van der Waals surface area (Å²) in [6.07, 6.45) is 2.88. The Hall–Kier alpha value is -1.14. The second-order valence-electron chi connectivity index (χ2n) is 6.12. The van der Waals surface area contributed by atoms with E-state index in [1.165, 1.54) is 0 Å². The normalized spacial score (nSPS) is 37.6. The molecule has 0 radical (unpaired) electrons. The Morgan fingerprint density at radius 1 is 1.35 bits per heavy atom. The van der Waals surface area contributed by atoms with Crippen LogP contribution in [-0.2, 0) is 14.3 Å². The van der Waals surface area contributed by atoms with Crippen LogP contribution in [0.25, 0.3) is 0 Å². The van der Waals surface area contributed by atoms with Gasteiger partial charge in [-0.05, 0) is 25.8 Å². The quantitative estimate of drug-likeness (QED) is 0.694. The number of likely N-dealkylation sites (N-methyl/N-ethyl adjacent to an activating group) is 1. The molecule has 0 spiro atoms. The number of amides is 1. The number of nitrogens with one attached hydrogen (secondary N) is 2. The lowest BCUT2D eigenvalue weighted by Gasteiger charge is -2.38. The molecule has 114 valence electrons. The van der Waals surface area contributed by atoms with Crippen LogP contribution in [0, 0.1) is 11.8 Å². The highest BCUT2D eigenvalue weighted by Gasteiger charge is 2.45. The fraction of sp³-hybridized carbons (Fsp3) is 0.857. The van der Waals surface area contributed by atoms with Crippen molar-refractivity contribution in [3.63, 3.8) is 0 Å². The van der Waals surface area contributed by atoms with E-state index in [1.807, 2.05) is 6.92 Å². The van der Waals surface area contributed by atoms with Crippen molar-refractivity contribution in [1.29, 1.82) is 0 Å². The minimum atomic E-state index is -1.10. The van der Waals surface area contributed by atoms with Gasteiger partial charge in [-0.25, -0.2) is 4.79 Å². The second kappa shape index (κ2) is 6.10. The molecule has 1 heterocycles. The number of carboxylic acid groups (broad SMARTS) is 1. The number of aliphatic carboxylic acids is 1. The van der Waals surface area contributed by atoms with E-state index in [9.17, 15) is 14.7 Å². The van der Waals surface area contributed by atoms with E-state index in [1.54, 1.807) is 7.05 Å². The molecule has 2 fully saturated rings. The summed E-state index contributed by atoms with van der Waals surface area (Å²) in [5.41, 5.74) is -1.10. The molecule has 6 nitrogen and oxygen atoms in total. The standard InChI is InChI=1S/C14H24N2O4/c1-9-4-3-5-14(6-9,13(18)19)16-12(17)10-7-20-8-11(10)15-2/h9-11,15H,3-8H2,1-2H3,(H,16,17)(H,18,19). The van der Waals surface area contributed by atoms with Gasteiger partial charge in [0.05, 0.1) is 19.1 Å². The molecule has 0 bridgehead atoms. The number of carbonyl (C=O) groups is 2. The summed E-state index contributed by atoms with van der Waals surface area (Å²) in [5.74, 6) is -1.12. The van der Waals surface area contributed by atoms with Gasteiger partial charge in [-0.3, -0.25) is 4.79 Å². The molecule has 4 unspecified atom stereocenters. The van der Waals surface area contributed by atoms with Crippen molar-refractivity contribution >= 4 is 11.9 Å². The van der Waals surface area contributed by atoms with Crippen LogP contribution in [0.3, 0.4) is 0 Å². The van der Waals surface area contributed by atoms with Gasteiger partial charge in [-0.1, -0.05) is 19.8 Å². The van der Waals surface area contributed by atoms with E-state index in [2.05, 4.69) is 10.6 Å². The number of carbonyl (C=O) groups excluding carboxylic acids is 1. The Kier molecular flexibility index (Phi) is 4.65. The van der Waals surface area contributed by atoms with Crippen LogP contribution in [0.4, 0.5) is 0 Å². The van der Waals surface area contributed by atoms with Gasteiger partial charge in [0.1, 0.15) is 5.54 Å². The molecule has 2 aliphatic rings. The van der Waals surface area contributed by atoms with Crippen molar-refractivity contribution in [2.24, 2.45) is 11.8 Å². The van der Waals surface area contributed by atoms with E-state index >= 15 is 0 Å². The van der Waals surface area contributed by atoms with Crippen molar-refractivity contribution in [2.45, 2.75) is 44.2 Å². The first kappa shape index (κ1) is 15.3.